The molecule has 2 rings (SSSR count). The molecule has 0 radical (unpaired) electrons. The van der Waals surface area contributed by atoms with E-state index in [4.69, 9.17) is 43.8 Å². The van der Waals surface area contributed by atoms with E-state index in [1.807, 2.05) is 19.1 Å². The van der Waals surface area contributed by atoms with Crippen LogP contribution in [0.25, 0.3) is 0 Å². The van der Waals surface area contributed by atoms with Crippen LogP contribution in [0, 0.1) is 24.2 Å². The van der Waals surface area contributed by atoms with Gasteiger partial charge in [0, 0.05) is 18.5 Å². The Balaban J connectivity index is 2.12. The topological polar surface area (TPSA) is 56.8 Å². The second-order valence-electron chi connectivity index (χ2n) is 6.75. The van der Waals surface area contributed by atoms with Gasteiger partial charge in [-0.15, -0.1) is 25.0 Å². The summed E-state index contributed by atoms with van der Waals surface area (Å²) in [6, 6.07) is 10.3. The molecule has 0 spiro atoms. The van der Waals surface area contributed by atoms with Crippen molar-refractivity contribution in [3.63, 3.8) is 0 Å². The molecule has 0 heterocycles. The van der Waals surface area contributed by atoms with Crippen molar-refractivity contribution >= 4 is 41.7 Å². The van der Waals surface area contributed by atoms with Crippen molar-refractivity contribution in [2.75, 3.05) is 26.9 Å². The monoisotopic (exact) mass is 505 g/mol. The Hall–Kier alpha value is -2.48. The fraction of sp³-hybridized carbons (Fsp3) is 0.320. The normalized spacial score (nSPS) is 12.0. The number of halogens is 2. The second-order valence-corrected chi connectivity index (χ2v) is 8.20. The molecular formula is C25H25Cl2NO4S. The van der Waals surface area contributed by atoms with Gasteiger partial charge in [-0.05, 0) is 36.2 Å². The lowest BCUT2D eigenvalue weighted by Crippen LogP contribution is -2.43. The smallest absolute Gasteiger partial charge is 0.267 e. The molecule has 1 unspecified atom stereocenters. The molecule has 2 aromatic carbocycles. The number of thiol groups is 1. The summed E-state index contributed by atoms with van der Waals surface area (Å²) in [4.78, 5) is 11.5. The molecule has 1 atom stereocenters. The largest absolute Gasteiger partial charge is 0.493 e. The molecule has 0 aromatic heterocycles. The summed E-state index contributed by atoms with van der Waals surface area (Å²) >= 11 is 16.7. The Kier molecular flexibility index (Phi) is 10.8. The Morgan fingerprint density at radius 3 is 2.58 bits per heavy atom. The molecule has 0 saturated carbocycles. The zero-order valence-corrected chi connectivity index (χ0v) is 20.8. The van der Waals surface area contributed by atoms with Gasteiger partial charge in [-0.2, -0.15) is 0 Å². The summed E-state index contributed by atoms with van der Waals surface area (Å²) in [5.74, 6) is 8.85. The van der Waals surface area contributed by atoms with Gasteiger partial charge in [0.2, 0.25) is 4.93 Å². The number of hydrogen-bond acceptors (Lipinski definition) is 5. The van der Waals surface area contributed by atoms with Gasteiger partial charge in [-0.3, -0.25) is 4.79 Å². The standard InChI is InChI=1S/C25H25Cl2NO4S/c1-4-6-7-15-32-25(33,19-9-10-20(26)21(27)17-19)24(29)28-13-12-18-8-11-22(31-14-5-2)23(16-18)30-3/h2,8-11,16-17,33H,4,12-15H2,1,3H3,(H,28,29). The number of rotatable bonds is 10. The van der Waals surface area contributed by atoms with E-state index in [-0.39, 0.29) is 13.2 Å². The molecule has 8 heteroatoms. The van der Waals surface area contributed by atoms with Crippen molar-refractivity contribution in [3.8, 4) is 35.7 Å². The highest BCUT2D eigenvalue weighted by atomic mass is 35.5. The molecule has 0 aliphatic rings. The highest BCUT2D eigenvalue weighted by molar-refractivity contribution is 7.82. The minimum absolute atomic E-state index is 0.0291. The third kappa shape index (κ3) is 7.52. The molecule has 0 fully saturated rings. The van der Waals surface area contributed by atoms with Crippen LogP contribution in [0.1, 0.15) is 24.5 Å². The summed E-state index contributed by atoms with van der Waals surface area (Å²) in [5.41, 5.74) is 1.39. The molecule has 0 aliphatic heterocycles. The number of nitrogens with one attached hydrogen (secondary N) is 1. The number of methoxy groups -OCH3 is 1. The van der Waals surface area contributed by atoms with Gasteiger partial charge in [-0.1, -0.05) is 54.1 Å². The average molecular weight is 506 g/mol. The lowest BCUT2D eigenvalue weighted by atomic mass is 10.1. The van der Waals surface area contributed by atoms with E-state index in [1.165, 1.54) is 0 Å². The van der Waals surface area contributed by atoms with E-state index >= 15 is 0 Å². The maximum atomic E-state index is 13.1. The molecule has 174 valence electrons. The van der Waals surface area contributed by atoms with Crippen LogP contribution in [0.4, 0.5) is 0 Å². The van der Waals surface area contributed by atoms with E-state index in [9.17, 15) is 4.79 Å². The van der Waals surface area contributed by atoms with E-state index < -0.39 is 10.8 Å². The number of hydrogen-bond donors (Lipinski definition) is 2. The fourth-order valence-corrected chi connectivity index (χ4v) is 3.43. The molecule has 1 N–H and O–H groups in total. The fourth-order valence-electron chi connectivity index (χ4n) is 2.85. The number of terminal acetylenes is 1. The first-order valence-electron chi connectivity index (χ1n) is 10.1. The first kappa shape index (κ1) is 26.8. The van der Waals surface area contributed by atoms with Crippen LogP contribution in [0.15, 0.2) is 36.4 Å². The minimum Gasteiger partial charge on any atom is -0.493 e. The van der Waals surface area contributed by atoms with Crippen molar-refractivity contribution in [3.05, 3.63) is 57.6 Å². The first-order valence-corrected chi connectivity index (χ1v) is 11.3. The van der Waals surface area contributed by atoms with E-state index in [0.717, 1.165) is 5.56 Å². The molecular weight excluding hydrogens is 481 g/mol. The highest BCUT2D eigenvalue weighted by Crippen LogP contribution is 2.34. The molecule has 0 bridgehead atoms. The Morgan fingerprint density at radius 2 is 1.91 bits per heavy atom. The third-order valence-electron chi connectivity index (χ3n) is 4.51. The molecule has 0 saturated heterocycles. The molecule has 1 amide bonds. The minimum atomic E-state index is -1.60. The van der Waals surface area contributed by atoms with Crippen LogP contribution in [0.2, 0.25) is 10.0 Å². The average Bonchev–Trinajstić information content (AvgIpc) is 2.82. The summed E-state index contributed by atoms with van der Waals surface area (Å²) in [5, 5.41) is 3.53. The van der Waals surface area contributed by atoms with Gasteiger partial charge in [0.25, 0.3) is 5.91 Å². The Morgan fingerprint density at radius 1 is 1.12 bits per heavy atom. The van der Waals surface area contributed by atoms with Crippen LogP contribution in [-0.4, -0.2) is 32.8 Å². The highest BCUT2D eigenvalue weighted by Gasteiger charge is 2.38. The van der Waals surface area contributed by atoms with E-state index in [1.54, 1.807) is 31.4 Å². The quantitative estimate of drug-likeness (QED) is 0.274. The number of benzene rings is 2. The van der Waals surface area contributed by atoms with E-state index in [2.05, 4.69) is 35.7 Å². The van der Waals surface area contributed by atoms with E-state index in [0.29, 0.717) is 46.5 Å². The summed E-state index contributed by atoms with van der Waals surface area (Å²) in [6.07, 6.45) is 6.45. The van der Waals surface area contributed by atoms with Crippen LogP contribution < -0.4 is 14.8 Å². The second kappa shape index (κ2) is 13.3. The number of ether oxygens (including phenoxy) is 3. The Labute approximate surface area is 210 Å². The van der Waals surface area contributed by atoms with Crippen LogP contribution in [-0.2, 0) is 20.9 Å². The molecule has 5 nitrogen and oxygen atoms in total. The van der Waals surface area contributed by atoms with Crippen molar-refractivity contribution in [1.29, 1.82) is 0 Å². The Bertz CT molecular complexity index is 1070. The lowest BCUT2D eigenvalue weighted by Gasteiger charge is -2.27. The van der Waals surface area contributed by atoms with Crippen LogP contribution in [0.3, 0.4) is 0 Å². The van der Waals surface area contributed by atoms with Crippen molar-refractivity contribution in [2.24, 2.45) is 0 Å². The summed E-state index contributed by atoms with van der Waals surface area (Å²) in [7, 11) is 1.55. The van der Waals surface area contributed by atoms with Crippen molar-refractivity contribution < 1.29 is 19.0 Å². The first-order chi connectivity index (χ1) is 15.8. The maximum Gasteiger partial charge on any atom is 0.267 e. The number of carbonyl (C=O) groups excluding carboxylic acids is 1. The number of carbonyl (C=O) groups is 1. The SMILES string of the molecule is C#CCOc1ccc(CCNC(=O)C(S)(OCC#CCC)c2ccc(Cl)c(Cl)c2)cc1OC. The zero-order chi connectivity index (χ0) is 24.3. The van der Waals surface area contributed by atoms with Crippen molar-refractivity contribution in [1.82, 2.24) is 5.32 Å². The third-order valence-corrected chi connectivity index (χ3v) is 5.84. The zero-order valence-electron chi connectivity index (χ0n) is 18.4. The van der Waals surface area contributed by atoms with Crippen LogP contribution >= 0.6 is 35.8 Å². The van der Waals surface area contributed by atoms with Crippen LogP contribution in [0.5, 0.6) is 11.5 Å². The van der Waals surface area contributed by atoms with Gasteiger partial charge in [0.05, 0.1) is 17.2 Å². The van der Waals surface area contributed by atoms with Crippen molar-refractivity contribution in [2.45, 2.75) is 24.7 Å². The summed E-state index contributed by atoms with van der Waals surface area (Å²) < 4.78 is 16.6. The summed E-state index contributed by atoms with van der Waals surface area (Å²) in [6.45, 7) is 2.43. The molecule has 0 aliphatic carbocycles. The lowest BCUT2D eigenvalue weighted by molar-refractivity contribution is -0.135. The predicted octanol–water partition coefficient (Wildman–Crippen LogP) is 4.89. The van der Waals surface area contributed by atoms with Gasteiger partial charge in [-0.25, -0.2) is 0 Å². The van der Waals surface area contributed by atoms with Gasteiger partial charge in [0.1, 0.15) is 13.2 Å². The van der Waals surface area contributed by atoms with Gasteiger partial charge < -0.3 is 19.5 Å². The molecule has 33 heavy (non-hydrogen) atoms. The molecule has 2 aromatic rings. The number of amides is 1. The van der Waals surface area contributed by atoms with Gasteiger partial charge in [0.15, 0.2) is 11.5 Å². The predicted molar refractivity (Wildman–Crippen MR) is 135 cm³/mol. The maximum absolute atomic E-state index is 13.1. The van der Waals surface area contributed by atoms with Gasteiger partial charge >= 0.3 is 0 Å².